The molecule has 2 aromatic carbocycles. The van der Waals surface area contributed by atoms with Crippen molar-refractivity contribution in [2.45, 2.75) is 25.8 Å². The summed E-state index contributed by atoms with van der Waals surface area (Å²) in [5.41, 5.74) is 1.40. The van der Waals surface area contributed by atoms with Gasteiger partial charge in [0.15, 0.2) is 0 Å². The minimum Gasteiger partial charge on any atom is -0.340 e. The summed E-state index contributed by atoms with van der Waals surface area (Å²) in [7, 11) is 0. The molecule has 0 saturated carbocycles. The molecule has 1 atom stereocenters. The topological polar surface area (TPSA) is 78.5 Å². The first-order valence-corrected chi connectivity index (χ1v) is 9.58. The third-order valence-electron chi connectivity index (χ3n) is 4.44. The molecule has 1 aliphatic rings. The summed E-state index contributed by atoms with van der Waals surface area (Å²) in [4.78, 5) is 38.2. The quantitative estimate of drug-likeness (QED) is 0.771. The Morgan fingerprint density at radius 1 is 1.11 bits per heavy atom. The lowest BCUT2D eigenvalue weighted by Crippen LogP contribution is -2.41. The monoisotopic (exact) mass is 419 g/mol. The lowest BCUT2D eigenvalue weighted by Gasteiger charge is -2.19. The Labute approximate surface area is 172 Å². The van der Waals surface area contributed by atoms with Crippen LogP contribution in [0.2, 0.25) is 10.0 Å². The summed E-state index contributed by atoms with van der Waals surface area (Å²) in [6.45, 7) is 2.21. The van der Waals surface area contributed by atoms with Crippen molar-refractivity contribution in [3.8, 4) is 0 Å². The molecule has 0 spiro atoms. The molecule has 28 heavy (non-hydrogen) atoms. The van der Waals surface area contributed by atoms with E-state index >= 15 is 0 Å². The largest absolute Gasteiger partial charge is 0.340 e. The van der Waals surface area contributed by atoms with Crippen molar-refractivity contribution < 1.29 is 14.4 Å². The zero-order valence-corrected chi connectivity index (χ0v) is 16.7. The predicted octanol–water partition coefficient (Wildman–Crippen LogP) is 3.88. The van der Waals surface area contributed by atoms with Crippen LogP contribution in [0.4, 0.5) is 11.4 Å². The van der Waals surface area contributed by atoms with Crippen molar-refractivity contribution in [3.05, 3.63) is 58.1 Å². The molecule has 1 aliphatic heterocycles. The van der Waals surface area contributed by atoms with Gasteiger partial charge in [0.25, 0.3) is 5.91 Å². The first-order valence-electron chi connectivity index (χ1n) is 8.83. The molecule has 2 N–H and O–H groups in total. The maximum absolute atomic E-state index is 12.4. The number of hydrogen-bond acceptors (Lipinski definition) is 3. The van der Waals surface area contributed by atoms with Crippen molar-refractivity contribution in [2.24, 2.45) is 0 Å². The molecule has 3 rings (SSSR count). The Bertz CT molecular complexity index is 933. The third-order valence-corrected chi connectivity index (χ3v) is 5.07. The van der Waals surface area contributed by atoms with E-state index in [1.54, 1.807) is 54.3 Å². The fraction of sp³-hybridized carbons (Fsp3) is 0.250. The van der Waals surface area contributed by atoms with Crippen LogP contribution in [-0.2, 0) is 9.59 Å². The van der Waals surface area contributed by atoms with Crippen LogP contribution in [0.15, 0.2) is 42.5 Å². The molecular formula is C20H19Cl2N3O3. The number of carbonyl (C=O) groups is 3. The zero-order valence-electron chi connectivity index (χ0n) is 15.2. The van der Waals surface area contributed by atoms with Crippen LogP contribution in [0.3, 0.4) is 0 Å². The normalized spacial score (nSPS) is 14.7. The van der Waals surface area contributed by atoms with Crippen molar-refractivity contribution >= 4 is 52.3 Å². The molecule has 146 valence electrons. The first kappa shape index (κ1) is 20.2. The van der Waals surface area contributed by atoms with Gasteiger partial charge in [0, 0.05) is 18.7 Å². The van der Waals surface area contributed by atoms with Gasteiger partial charge in [-0.2, -0.15) is 0 Å². The molecular weight excluding hydrogens is 401 g/mol. The zero-order chi connectivity index (χ0) is 20.3. The van der Waals surface area contributed by atoms with Crippen LogP contribution in [0.25, 0.3) is 0 Å². The van der Waals surface area contributed by atoms with Crippen molar-refractivity contribution in [1.82, 2.24) is 5.32 Å². The average Bonchev–Trinajstić information content (AvgIpc) is 3.07. The Kier molecular flexibility index (Phi) is 6.21. The van der Waals surface area contributed by atoms with E-state index in [0.717, 1.165) is 6.42 Å². The van der Waals surface area contributed by atoms with Crippen LogP contribution in [0.5, 0.6) is 0 Å². The lowest BCUT2D eigenvalue weighted by atomic mass is 10.2. The highest BCUT2D eigenvalue weighted by atomic mass is 35.5. The number of halogens is 2. The van der Waals surface area contributed by atoms with Crippen molar-refractivity contribution in [1.29, 1.82) is 0 Å². The van der Waals surface area contributed by atoms with E-state index in [0.29, 0.717) is 39.9 Å². The highest BCUT2D eigenvalue weighted by Gasteiger charge is 2.24. The van der Waals surface area contributed by atoms with Gasteiger partial charge in [0.05, 0.1) is 21.3 Å². The highest BCUT2D eigenvalue weighted by molar-refractivity contribution is 6.34. The molecule has 0 aromatic heterocycles. The SMILES string of the molecule is C[C@H](NC(=O)c1ccccc1Cl)C(=O)Nc1ccc(N2CCCC2=O)c(Cl)c1. The van der Waals surface area contributed by atoms with Gasteiger partial charge in [-0.1, -0.05) is 35.3 Å². The van der Waals surface area contributed by atoms with Crippen molar-refractivity contribution in [2.75, 3.05) is 16.8 Å². The van der Waals surface area contributed by atoms with E-state index in [-0.39, 0.29) is 5.91 Å². The first-order chi connectivity index (χ1) is 13.4. The fourth-order valence-electron chi connectivity index (χ4n) is 2.94. The summed E-state index contributed by atoms with van der Waals surface area (Å²) >= 11 is 12.3. The molecule has 1 saturated heterocycles. The van der Waals surface area contributed by atoms with E-state index in [1.807, 2.05) is 0 Å². The molecule has 0 aliphatic carbocycles. The minimum absolute atomic E-state index is 0.0367. The van der Waals surface area contributed by atoms with Gasteiger partial charge in [-0.05, 0) is 43.7 Å². The van der Waals surface area contributed by atoms with E-state index in [2.05, 4.69) is 10.6 Å². The molecule has 0 radical (unpaired) electrons. The minimum atomic E-state index is -0.789. The van der Waals surface area contributed by atoms with Crippen LogP contribution < -0.4 is 15.5 Å². The van der Waals surface area contributed by atoms with Gasteiger partial charge in [0.2, 0.25) is 11.8 Å². The second-order valence-corrected chi connectivity index (χ2v) is 7.29. The maximum Gasteiger partial charge on any atom is 0.253 e. The number of anilines is 2. The summed E-state index contributed by atoms with van der Waals surface area (Å²) < 4.78 is 0. The van der Waals surface area contributed by atoms with Crippen LogP contribution in [-0.4, -0.2) is 30.3 Å². The molecule has 8 heteroatoms. The van der Waals surface area contributed by atoms with Gasteiger partial charge in [0.1, 0.15) is 6.04 Å². The average molecular weight is 420 g/mol. The summed E-state index contributed by atoms with van der Waals surface area (Å²) in [6.07, 6.45) is 1.31. The van der Waals surface area contributed by atoms with Crippen LogP contribution in [0, 0.1) is 0 Å². The van der Waals surface area contributed by atoms with Gasteiger partial charge in [-0.25, -0.2) is 0 Å². The maximum atomic E-state index is 12.4. The molecule has 1 fully saturated rings. The highest BCUT2D eigenvalue weighted by Crippen LogP contribution is 2.31. The number of hydrogen-bond donors (Lipinski definition) is 2. The predicted molar refractivity (Wildman–Crippen MR) is 110 cm³/mol. The molecule has 6 nitrogen and oxygen atoms in total. The third kappa shape index (κ3) is 4.46. The van der Waals surface area contributed by atoms with E-state index < -0.39 is 17.9 Å². The van der Waals surface area contributed by atoms with Gasteiger partial charge < -0.3 is 15.5 Å². The molecule has 1 heterocycles. The Balaban J connectivity index is 1.64. The molecule has 0 bridgehead atoms. The lowest BCUT2D eigenvalue weighted by molar-refractivity contribution is -0.118. The Morgan fingerprint density at radius 2 is 1.86 bits per heavy atom. The second kappa shape index (κ2) is 8.63. The number of rotatable bonds is 5. The van der Waals surface area contributed by atoms with Gasteiger partial charge >= 0.3 is 0 Å². The van der Waals surface area contributed by atoms with Crippen molar-refractivity contribution in [3.63, 3.8) is 0 Å². The van der Waals surface area contributed by atoms with Gasteiger partial charge in [-0.15, -0.1) is 0 Å². The van der Waals surface area contributed by atoms with Gasteiger partial charge in [-0.3, -0.25) is 14.4 Å². The number of benzene rings is 2. The number of amides is 3. The standard InChI is InChI=1S/C20H19Cl2N3O3/c1-12(23-20(28)14-5-2-3-6-15(14)21)19(27)24-13-8-9-17(16(22)11-13)25-10-4-7-18(25)26/h2-3,5-6,8-9,11-12H,4,7,10H2,1H3,(H,23,28)(H,24,27)/t12-/m0/s1. The van der Waals surface area contributed by atoms with E-state index in [9.17, 15) is 14.4 Å². The van der Waals surface area contributed by atoms with E-state index in [4.69, 9.17) is 23.2 Å². The Morgan fingerprint density at radius 3 is 2.50 bits per heavy atom. The van der Waals surface area contributed by atoms with Crippen LogP contribution >= 0.6 is 23.2 Å². The smallest absolute Gasteiger partial charge is 0.253 e. The number of nitrogens with one attached hydrogen (secondary N) is 2. The Hall–Kier alpha value is -2.57. The fourth-order valence-corrected chi connectivity index (χ4v) is 3.45. The second-order valence-electron chi connectivity index (χ2n) is 6.48. The van der Waals surface area contributed by atoms with E-state index in [1.165, 1.54) is 0 Å². The molecule has 3 amide bonds. The summed E-state index contributed by atoms with van der Waals surface area (Å²) in [5.74, 6) is -0.801. The number of carbonyl (C=O) groups excluding carboxylic acids is 3. The summed E-state index contributed by atoms with van der Waals surface area (Å²) in [6, 6.07) is 10.8. The molecule has 0 unspecified atom stereocenters. The van der Waals surface area contributed by atoms with Crippen LogP contribution in [0.1, 0.15) is 30.1 Å². The number of nitrogens with zero attached hydrogens (tertiary/aromatic N) is 1. The summed E-state index contributed by atoms with van der Waals surface area (Å²) in [5, 5.41) is 6.01. The molecule has 2 aromatic rings.